The van der Waals surface area contributed by atoms with E-state index in [0.717, 1.165) is 17.9 Å². The van der Waals surface area contributed by atoms with Crippen molar-refractivity contribution in [1.29, 1.82) is 0 Å². The third-order valence-corrected chi connectivity index (χ3v) is 4.10. The lowest BCUT2D eigenvalue weighted by molar-refractivity contribution is 0.311. The molecule has 0 aliphatic heterocycles. The summed E-state index contributed by atoms with van der Waals surface area (Å²) in [6, 6.07) is 8.12. The Morgan fingerprint density at radius 1 is 1.21 bits per heavy atom. The highest BCUT2D eigenvalue weighted by Crippen LogP contribution is 2.19. The summed E-state index contributed by atoms with van der Waals surface area (Å²) >= 11 is 0. The second-order valence-corrected chi connectivity index (χ2v) is 5.98. The lowest BCUT2D eigenvalue weighted by Crippen LogP contribution is -2.39. The second kappa shape index (κ2) is 12.2. The van der Waals surface area contributed by atoms with E-state index in [1.165, 1.54) is 38.5 Å². The highest BCUT2D eigenvalue weighted by molar-refractivity contribution is 14.0. The Morgan fingerprint density at radius 3 is 2.62 bits per heavy atom. The Balaban J connectivity index is 0.00000288. The minimum Gasteiger partial charge on any atom is -0.497 e. The van der Waals surface area contributed by atoms with E-state index >= 15 is 0 Å². The molecule has 0 saturated heterocycles. The van der Waals surface area contributed by atoms with Gasteiger partial charge in [-0.15, -0.1) is 24.0 Å². The molecule has 1 aliphatic carbocycles. The van der Waals surface area contributed by atoms with Crippen molar-refractivity contribution in [1.82, 2.24) is 5.32 Å². The van der Waals surface area contributed by atoms with Crippen LogP contribution in [-0.4, -0.2) is 32.3 Å². The van der Waals surface area contributed by atoms with E-state index in [4.69, 9.17) is 15.2 Å². The summed E-state index contributed by atoms with van der Waals surface area (Å²) in [5, 5.41) is 3.35. The number of nitrogens with one attached hydrogen (secondary N) is 1. The Kier molecular flexibility index (Phi) is 10.6. The molecule has 0 atom stereocenters. The number of methoxy groups -OCH3 is 1. The molecule has 0 radical (unpaired) electrons. The standard InChI is InChI=1S/C18H29N3O2.HI/c1-22-16-10-6-11-17(14-16)23-13-7-12-20-18(19)21-15-8-4-2-3-5-9-15;/h6,10-11,14-15H,2-5,7-9,12-13H2,1H3,(H3,19,20,21);1H. The summed E-state index contributed by atoms with van der Waals surface area (Å²) in [5.41, 5.74) is 5.97. The first kappa shape index (κ1) is 20.9. The highest BCUT2D eigenvalue weighted by Gasteiger charge is 2.11. The van der Waals surface area contributed by atoms with Crippen molar-refractivity contribution < 1.29 is 9.47 Å². The Hall–Kier alpha value is -1.18. The van der Waals surface area contributed by atoms with Gasteiger partial charge >= 0.3 is 0 Å². The monoisotopic (exact) mass is 447 g/mol. The van der Waals surface area contributed by atoms with Crippen LogP contribution in [0.25, 0.3) is 0 Å². The highest BCUT2D eigenvalue weighted by atomic mass is 127. The number of nitrogens with zero attached hydrogens (tertiary/aromatic N) is 1. The molecule has 0 bridgehead atoms. The fourth-order valence-corrected chi connectivity index (χ4v) is 2.82. The smallest absolute Gasteiger partial charge is 0.188 e. The van der Waals surface area contributed by atoms with Crippen LogP contribution in [0.2, 0.25) is 0 Å². The van der Waals surface area contributed by atoms with Crippen LogP contribution in [0.4, 0.5) is 0 Å². The molecule has 136 valence electrons. The molecule has 5 nitrogen and oxygen atoms in total. The fraction of sp³-hybridized carbons (Fsp3) is 0.611. The molecule has 1 saturated carbocycles. The normalized spacial score (nSPS) is 16.0. The van der Waals surface area contributed by atoms with Gasteiger partial charge in [0.05, 0.1) is 13.7 Å². The van der Waals surface area contributed by atoms with E-state index in [1.807, 2.05) is 24.3 Å². The Morgan fingerprint density at radius 2 is 1.92 bits per heavy atom. The van der Waals surface area contributed by atoms with Gasteiger partial charge in [0, 0.05) is 25.1 Å². The maximum Gasteiger partial charge on any atom is 0.188 e. The van der Waals surface area contributed by atoms with Crippen LogP contribution in [0.3, 0.4) is 0 Å². The maximum atomic E-state index is 5.97. The van der Waals surface area contributed by atoms with Crippen LogP contribution in [0.15, 0.2) is 29.3 Å². The summed E-state index contributed by atoms with van der Waals surface area (Å²) in [4.78, 5) is 4.39. The van der Waals surface area contributed by atoms with Crippen molar-refractivity contribution >= 4 is 29.9 Å². The molecular weight excluding hydrogens is 417 g/mol. The zero-order valence-corrected chi connectivity index (χ0v) is 16.8. The molecule has 0 amide bonds. The number of hydrogen-bond donors (Lipinski definition) is 2. The zero-order valence-electron chi connectivity index (χ0n) is 14.5. The van der Waals surface area contributed by atoms with Gasteiger partial charge in [0.2, 0.25) is 0 Å². The summed E-state index contributed by atoms with van der Waals surface area (Å²) < 4.78 is 10.9. The number of nitrogens with two attached hydrogens (primary N) is 1. The molecule has 24 heavy (non-hydrogen) atoms. The van der Waals surface area contributed by atoms with Crippen molar-refractivity contribution in [2.45, 2.75) is 51.0 Å². The predicted molar refractivity (Wildman–Crippen MR) is 110 cm³/mol. The van der Waals surface area contributed by atoms with Crippen molar-refractivity contribution in [3.63, 3.8) is 0 Å². The average molecular weight is 447 g/mol. The number of aliphatic imine (C=N–C) groups is 1. The average Bonchev–Trinajstić information content (AvgIpc) is 2.83. The van der Waals surface area contributed by atoms with Gasteiger partial charge in [0.1, 0.15) is 11.5 Å². The molecule has 1 aromatic rings. The predicted octanol–water partition coefficient (Wildman–Crippen LogP) is 3.71. The second-order valence-electron chi connectivity index (χ2n) is 5.98. The first-order chi connectivity index (χ1) is 11.3. The molecule has 2 rings (SSSR count). The van der Waals surface area contributed by atoms with Crippen molar-refractivity contribution in [3.05, 3.63) is 24.3 Å². The van der Waals surface area contributed by atoms with Crippen LogP contribution in [0.5, 0.6) is 11.5 Å². The zero-order chi connectivity index (χ0) is 16.3. The summed E-state index contributed by atoms with van der Waals surface area (Å²) in [7, 11) is 1.65. The lowest BCUT2D eigenvalue weighted by atomic mass is 10.1. The molecule has 0 unspecified atom stereocenters. The van der Waals surface area contributed by atoms with Gasteiger partial charge in [0.25, 0.3) is 0 Å². The third-order valence-electron chi connectivity index (χ3n) is 4.10. The van der Waals surface area contributed by atoms with Gasteiger partial charge in [-0.2, -0.15) is 0 Å². The first-order valence-corrected chi connectivity index (χ1v) is 8.61. The van der Waals surface area contributed by atoms with E-state index in [0.29, 0.717) is 25.2 Å². The van der Waals surface area contributed by atoms with E-state index < -0.39 is 0 Å². The van der Waals surface area contributed by atoms with E-state index in [2.05, 4.69) is 10.3 Å². The number of guanidine groups is 1. The minimum absolute atomic E-state index is 0. The molecular formula is C18H30IN3O2. The topological polar surface area (TPSA) is 68.9 Å². The quantitative estimate of drug-likeness (QED) is 0.220. The summed E-state index contributed by atoms with van der Waals surface area (Å²) in [6.45, 7) is 1.29. The van der Waals surface area contributed by atoms with E-state index in [-0.39, 0.29) is 24.0 Å². The number of hydrogen-bond acceptors (Lipinski definition) is 3. The number of halogens is 1. The van der Waals surface area contributed by atoms with Crippen LogP contribution < -0.4 is 20.5 Å². The molecule has 0 heterocycles. The molecule has 0 spiro atoms. The molecule has 6 heteroatoms. The van der Waals surface area contributed by atoms with E-state index in [9.17, 15) is 0 Å². The van der Waals surface area contributed by atoms with Crippen LogP contribution in [-0.2, 0) is 0 Å². The fourth-order valence-electron chi connectivity index (χ4n) is 2.82. The van der Waals surface area contributed by atoms with Gasteiger partial charge in [0.15, 0.2) is 5.96 Å². The van der Waals surface area contributed by atoms with Crippen LogP contribution in [0, 0.1) is 0 Å². The van der Waals surface area contributed by atoms with Gasteiger partial charge in [-0.3, -0.25) is 4.99 Å². The molecule has 1 aromatic carbocycles. The van der Waals surface area contributed by atoms with Gasteiger partial charge in [-0.25, -0.2) is 0 Å². The van der Waals surface area contributed by atoms with Crippen molar-refractivity contribution in [2.75, 3.05) is 20.3 Å². The Labute approximate surface area is 162 Å². The largest absolute Gasteiger partial charge is 0.497 e. The molecule has 1 aliphatic rings. The molecule has 1 fully saturated rings. The third kappa shape index (κ3) is 8.08. The summed E-state index contributed by atoms with van der Waals surface area (Å²) in [5.74, 6) is 2.19. The summed E-state index contributed by atoms with van der Waals surface area (Å²) in [6.07, 6.45) is 8.51. The first-order valence-electron chi connectivity index (χ1n) is 8.61. The van der Waals surface area contributed by atoms with Gasteiger partial charge < -0.3 is 20.5 Å². The van der Waals surface area contributed by atoms with Crippen LogP contribution in [0.1, 0.15) is 44.9 Å². The minimum atomic E-state index is 0. The number of benzene rings is 1. The van der Waals surface area contributed by atoms with Crippen LogP contribution >= 0.6 is 24.0 Å². The van der Waals surface area contributed by atoms with E-state index in [1.54, 1.807) is 7.11 Å². The molecule has 0 aromatic heterocycles. The number of rotatable bonds is 7. The van der Waals surface area contributed by atoms with Gasteiger partial charge in [-0.1, -0.05) is 31.7 Å². The molecule has 3 N–H and O–H groups in total. The van der Waals surface area contributed by atoms with Gasteiger partial charge in [-0.05, 0) is 25.0 Å². The van der Waals surface area contributed by atoms with Crippen molar-refractivity contribution in [2.24, 2.45) is 10.7 Å². The maximum absolute atomic E-state index is 5.97. The SMILES string of the molecule is COc1cccc(OCCCN=C(N)NC2CCCCCC2)c1.I. The number of ether oxygens (including phenoxy) is 2. The van der Waals surface area contributed by atoms with Crippen molar-refractivity contribution in [3.8, 4) is 11.5 Å². The Bertz CT molecular complexity index is 489. The lowest BCUT2D eigenvalue weighted by Gasteiger charge is -2.16.